The molecule has 2 fully saturated rings. The molecule has 186 valence electrons. The highest BCUT2D eigenvalue weighted by Crippen LogP contribution is 2.52. The highest BCUT2D eigenvalue weighted by Gasteiger charge is 2.56. The van der Waals surface area contributed by atoms with E-state index in [0.717, 1.165) is 37.4 Å². The van der Waals surface area contributed by atoms with Crippen molar-refractivity contribution in [2.45, 2.75) is 6.18 Å². The third-order valence-corrected chi connectivity index (χ3v) is 6.81. The highest BCUT2D eigenvalue weighted by molar-refractivity contribution is 5.74. The maximum atomic E-state index is 13.3. The Balaban J connectivity index is 1.15. The number of aryl methyl sites for hydroxylation is 1. The van der Waals surface area contributed by atoms with Crippen LogP contribution < -0.4 is 9.64 Å². The molecular weight excluding hydrogens is 483 g/mol. The number of imidazole rings is 1. The number of halogens is 5. The van der Waals surface area contributed by atoms with Crippen LogP contribution in [0.25, 0.3) is 22.8 Å². The molecule has 3 atom stereocenters. The minimum absolute atomic E-state index is 0.0807. The molecule has 1 unspecified atom stereocenters. The topological polar surface area (TPSA) is 69.0 Å². The first kappa shape index (κ1) is 22.6. The number of benzene rings is 1. The second-order valence-corrected chi connectivity index (χ2v) is 9.09. The normalized spacial score (nSPS) is 21.2. The van der Waals surface area contributed by atoms with Crippen molar-refractivity contribution in [3.8, 4) is 17.3 Å². The van der Waals surface area contributed by atoms with E-state index in [2.05, 4.69) is 24.8 Å². The maximum Gasteiger partial charge on any atom is 0.433 e. The van der Waals surface area contributed by atoms with Crippen LogP contribution in [-0.4, -0.2) is 44.2 Å². The lowest BCUT2D eigenvalue weighted by molar-refractivity contribution is -0.141. The van der Waals surface area contributed by atoms with E-state index in [0.29, 0.717) is 35.6 Å². The lowest BCUT2D eigenvalue weighted by atomic mass is 10.2. The van der Waals surface area contributed by atoms with Crippen LogP contribution in [0.15, 0.2) is 42.6 Å². The van der Waals surface area contributed by atoms with Crippen molar-refractivity contribution < 1.29 is 26.7 Å². The van der Waals surface area contributed by atoms with Gasteiger partial charge < -0.3 is 14.2 Å². The number of hydrogen-bond acceptors (Lipinski definition) is 6. The molecule has 3 aromatic heterocycles. The number of aromatic nitrogens is 5. The van der Waals surface area contributed by atoms with Gasteiger partial charge in [0.2, 0.25) is 0 Å². The molecule has 6 rings (SSSR count). The van der Waals surface area contributed by atoms with Gasteiger partial charge in [-0.15, -0.1) is 0 Å². The van der Waals surface area contributed by atoms with E-state index in [9.17, 15) is 22.0 Å². The maximum absolute atomic E-state index is 13.3. The zero-order chi connectivity index (χ0) is 25.2. The number of anilines is 1. The SMILES string of the molecule is Cn1c(-c2cccc(C(F)(F)F)n2)nc2nc(N3C[C@@H]4C(COc5cc(F)cc(F)c5)[C@@H]4C3)cnc21. The summed E-state index contributed by atoms with van der Waals surface area (Å²) in [6, 6.07) is 6.79. The molecule has 0 radical (unpaired) electrons. The molecule has 2 aliphatic rings. The summed E-state index contributed by atoms with van der Waals surface area (Å²) in [6.45, 7) is 1.83. The van der Waals surface area contributed by atoms with Crippen molar-refractivity contribution in [1.82, 2.24) is 24.5 Å². The van der Waals surface area contributed by atoms with Crippen LogP contribution >= 0.6 is 0 Å². The van der Waals surface area contributed by atoms with Gasteiger partial charge in [-0.1, -0.05) is 6.07 Å². The zero-order valence-corrected chi connectivity index (χ0v) is 18.9. The quantitative estimate of drug-likeness (QED) is 0.375. The zero-order valence-electron chi connectivity index (χ0n) is 18.9. The molecule has 4 aromatic rings. The predicted octanol–water partition coefficient (Wildman–Crippen LogP) is 4.48. The lowest BCUT2D eigenvalue weighted by Crippen LogP contribution is -2.26. The standard InChI is InChI=1S/C24H19F5N6O/c1-34-22(18-3-2-4-19(31-18)24(27,28)29)33-21-23(34)30-8-20(32-21)35-9-15-16(10-35)17(15)11-36-14-6-12(25)5-13(26)7-14/h2-8,15-17H,9-11H2,1H3/t15-,16+,17?. The van der Waals surface area contributed by atoms with Gasteiger partial charge in [0.15, 0.2) is 17.1 Å². The van der Waals surface area contributed by atoms with Gasteiger partial charge in [-0.05, 0) is 24.0 Å². The number of rotatable bonds is 5. The molecular formula is C24H19F5N6O. The van der Waals surface area contributed by atoms with Crippen LogP contribution in [0.3, 0.4) is 0 Å². The third-order valence-electron chi connectivity index (χ3n) is 6.81. The Bertz CT molecular complexity index is 1440. The first-order valence-corrected chi connectivity index (χ1v) is 11.3. The van der Waals surface area contributed by atoms with Crippen molar-refractivity contribution >= 4 is 17.1 Å². The third kappa shape index (κ3) is 3.99. The minimum atomic E-state index is -4.56. The van der Waals surface area contributed by atoms with Gasteiger partial charge in [-0.3, -0.25) is 0 Å². The molecule has 0 bridgehead atoms. The molecule has 1 aromatic carbocycles. The van der Waals surface area contributed by atoms with Crippen molar-refractivity contribution in [3.63, 3.8) is 0 Å². The van der Waals surface area contributed by atoms with Crippen molar-refractivity contribution in [2.75, 3.05) is 24.6 Å². The van der Waals surface area contributed by atoms with Gasteiger partial charge in [0, 0.05) is 44.3 Å². The summed E-state index contributed by atoms with van der Waals surface area (Å²) in [5.41, 5.74) is -0.160. The van der Waals surface area contributed by atoms with Gasteiger partial charge >= 0.3 is 6.18 Å². The Morgan fingerprint density at radius 2 is 1.72 bits per heavy atom. The van der Waals surface area contributed by atoms with Crippen molar-refractivity contribution in [2.24, 2.45) is 24.8 Å². The molecule has 0 N–H and O–H groups in total. The Morgan fingerprint density at radius 3 is 2.42 bits per heavy atom. The van der Waals surface area contributed by atoms with Crippen LogP contribution in [-0.2, 0) is 13.2 Å². The first-order valence-electron chi connectivity index (χ1n) is 11.3. The number of pyridine rings is 1. The second kappa shape index (κ2) is 8.10. The van der Waals surface area contributed by atoms with E-state index in [1.807, 2.05) is 0 Å². The fourth-order valence-corrected chi connectivity index (χ4v) is 4.94. The molecule has 7 nitrogen and oxygen atoms in total. The molecule has 0 amide bonds. The monoisotopic (exact) mass is 502 g/mol. The molecule has 1 saturated carbocycles. The van der Waals surface area contributed by atoms with Crippen LogP contribution in [0.4, 0.5) is 27.8 Å². The summed E-state index contributed by atoms with van der Waals surface area (Å²) in [6.07, 6.45) is -2.93. The molecule has 12 heteroatoms. The van der Waals surface area contributed by atoms with Gasteiger partial charge in [0.1, 0.15) is 34.6 Å². The number of piperidine rings is 1. The molecule has 1 saturated heterocycles. The predicted molar refractivity (Wildman–Crippen MR) is 119 cm³/mol. The lowest BCUT2D eigenvalue weighted by Gasteiger charge is -2.20. The first-order chi connectivity index (χ1) is 17.2. The second-order valence-electron chi connectivity index (χ2n) is 9.09. The molecule has 0 spiro atoms. The van der Waals surface area contributed by atoms with Crippen LogP contribution in [0.1, 0.15) is 5.69 Å². The minimum Gasteiger partial charge on any atom is -0.493 e. The number of hydrogen-bond donors (Lipinski definition) is 0. The number of ether oxygens (including phenoxy) is 1. The molecule has 1 aliphatic carbocycles. The molecule has 36 heavy (non-hydrogen) atoms. The number of fused-ring (bicyclic) bond motifs is 2. The summed E-state index contributed by atoms with van der Waals surface area (Å²) in [5.74, 6) is 0.714. The van der Waals surface area contributed by atoms with Gasteiger partial charge in [-0.25, -0.2) is 28.7 Å². The molecule has 4 heterocycles. The summed E-state index contributed by atoms with van der Waals surface area (Å²) in [7, 11) is 1.65. The summed E-state index contributed by atoms with van der Waals surface area (Å²) >= 11 is 0. The average Bonchev–Trinajstić information content (AvgIpc) is 3.13. The molecule has 1 aliphatic heterocycles. The average molecular weight is 502 g/mol. The van der Waals surface area contributed by atoms with Crippen LogP contribution in [0.5, 0.6) is 5.75 Å². The fraction of sp³-hybridized carbons (Fsp3) is 0.333. The smallest absolute Gasteiger partial charge is 0.433 e. The van der Waals surface area contributed by atoms with E-state index < -0.39 is 23.5 Å². The largest absolute Gasteiger partial charge is 0.493 e. The van der Waals surface area contributed by atoms with Crippen molar-refractivity contribution in [1.29, 1.82) is 0 Å². The van der Waals surface area contributed by atoms with Crippen LogP contribution in [0, 0.1) is 29.4 Å². The number of nitrogens with zero attached hydrogens (tertiary/aromatic N) is 6. The Morgan fingerprint density at radius 1 is 1.00 bits per heavy atom. The highest BCUT2D eigenvalue weighted by atomic mass is 19.4. The van der Waals surface area contributed by atoms with E-state index in [-0.39, 0.29) is 23.2 Å². The van der Waals surface area contributed by atoms with E-state index >= 15 is 0 Å². The Kier molecular flexibility index (Phi) is 5.09. The van der Waals surface area contributed by atoms with Gasteiger partial charge in [0.05, 0.1) is 12.8 Å². The Hall–Kier alpha value is -3.83. The van der Waals surface area contributed by atoms with Gasteiger partial charge in [0.25, 0.3) is 0 Å². The van der Waals surface area contributed by atoms with E-state index in [1.165, 1.54) is 12.1 Å². The van der Waals surface area contributed by atoms with Crippen molar-refractivity contribution in [3.05, 3.63) is 59.9 Å². The number of alkyl halides is 3. The Labute approximate surface area is 201 Å². The van der Waals surface area contributed by atoms with Crippen LogP contribution in [0.2, 0.25) is 0 Å². The van der Waals surface area contributed by atoms with Gasteiger partial charge in [-0.2, -0.15) is 13.2 Å². The summed E-state index contributed by atoms with van der Waals surface area (Å²) in [5, 5.41) is 0. The summed E-state index contributed by atoms with van der Waals surface area (Å²) in [4.78, 5) is 19.2. The summed E-state index contributed by atoms with van der Waals surface area (Å²) < 4.78 is 73.1. The van der Waals surface area contributed by atoms with E-state index in [4.69, 9.17) is 4.74 Å². The fourth-order valence-electron chi connectivity index (χ4n) is 4.94. The van der Waals surface area contributed by atoms with E-state index in [1.54, 1.807) is 17.8 Å².